The van der Waals surface area contributed by atoms with Crippen molar-refractivity contribution < 1.29 is 18.0 Å². The average Bonchev–Trinajstić information content (AvgIpc) is 2.76. The Hall–Kier alpha value is -1.81. The molecule has 0 aromatic heterocycles. The van der Waals surface area contributed by atoms with Crippen LogP contribution in [0.2, 0.25) is 10.0 Å². The summed E-state index contributed by atoms with van der Waals surface area (Å²) in [5.74, 6) is -0.860. The van der Waals surface area contributed by atoms with Gasteiger partial charge in [0.2, 0.25) is 21.8 Å². The van der Waals surface area contributed by atoms with Crippen LogP contribution in [-0.2, 0) is 26.2 Å². The lowest BCUT2D eigenvalue weighted by molar-refractivity contribution is -0.139. The Balaban J connectivity index is 2.41. The molecule has 0 radical (unpaired) electrons. The van der Waals surface area contributed by atoms with Crippen molar-refractivity contribution in [1.82, 2.24) is 10.2 Å². The summed E-state index contributed by atoms with van der Waals surface area (Å²) in [7, 11) is -3.85. The number of carbonyl (C=O) groups is 2. The summed E-state index contributed by atoms with van der Waals surface area (Å²) in [4.78, 5) is 27.7. The van der Waals surface area contributed by atoms with Crippen molar-refractivity contribution >= 4 is 66.7 Å². The van der Waals surface area contributed by atoms with Crippen LogP contribution in [0.25, 0.3) is 0 Å². The first-order valence-electron chi connectivity index (χ1n) is 10.6. The van der Waals surface area contributed by atoms with Crippen LogP contribution in [0.15, 0.2) is 46.9 Å². The van der Waals surface area contributed by atoms with Gasteiger partial charge in [0.05, 0.1) is 22.0 Å². The molecular weight excluding hydrogens is 565 g/mol. The number of nitrogens with zero attached hydrogens (tertiary/aromatic N) is 2. The van der Waals surface area contributed by atoms with Crippen LogP contribution in [-0.4, -0.2) is 50.0 Å². The maximum Gasteiger partial charge on any atom is 0.244 e. The SMILES string of the molecule is CCC(C)NC(=O)C(C)N(Cc1cccc(Br)c1)C(=O)CN(c1ccc(Cl)c(Cl)c1)S(C)(=O)=O. The number of sulfonamides is 1. The second-order valence-corrected chi connectivity index (χ2v) is 11.7. The van der Waals surface area contributed by atoms with E-state index in [2.05, 4.69) is 21.2 Å². The summed E-state index contributed by atoms with van der Waals surface area (Å²) >= 11 is 15.5. The van der Waals surface area contributed by atoms with Crippen molar-refractivity contribution in [2.45, 2.75) is 45.8 Å². The van der Waals surface area contributed by atoms with Gasteiger partial charge in [0.15, 0.2) is 0 Å². The van der Waals surface area contributed by atoms with Gasteiger partial charge >= 0.3 is 0 Å². The van der Waals surface area contributed by atoms with E-state index in [-0.39, 0.29) is 34.2 Å². The fraction of sp³-hybridized carbons (Fsp3) is 0.391. The van der Waals surface area contributed by atoms with Gasteiger partial charge in [-0.15, -0.1) is 0 Å². The largest absolute Gasteiger partial charge is 0.352 e. The third kappa shape index (κ3) is 7.86. The molecule has 0 aliphatic rings. The van der Waals surface area contributed by atoms with Crippen LogP contribution in [0.1, 0.15) is 32.8 Å². The zero-order valence-corrected chi connectivity index (χ0v) is 23.3. The third-order valence-corrected chi connectivity index (χ3v) is 7.65. The van der Waals surface area contributed by atoms with Gasteiger partial charge in [-0.25, -0.2) is 8.42 Å². The first-order valence-corrected chi connectivity index (χ1v) is 14.0. The molecule has 11 heteroatoms. The molecule has 2 aromatic rings. The Bertz CT molecular complexity index is 1150. The van der Waals surface area contributed by atoms with Crippen LogP contribution >= 0.6 is 39.1 Å². The first-order chi connectivity index (χ1) is 15.8. The number of amides is 2. The maximum absolute atomic E-state index is 13.5. The Morgan fingerprint density at radius 3 is 2.32 bits per heavy atom. The molecule has 0 saturated heterocycles. The molecule has 2 amide bonds. The number of benzene rings is 2. The van der Waals surface area contributed by atoms with Gasteiger partial charge in [-0.3, -0.25) is 13.9 Å². The molecule has 7 nitrogen and oxygen atoms in total. The van der Waals surface area contributed by atoms with Crippen molar-refractivity contribution in [2.75, 3.05) is 17.1 Å². The molecule has 34 heavy (non-hydrogen) atoms. The highest BCUT2D eigenvalue weighted by atomic mass is 79.9. The molecule has 0 spiro atoms. The maximum atomic E-state index is 13.5. The molecule has 0 fully saturated rings. The zero-order valence-electron chi connectivity index (χ0n) is 19.4. The lowest BCUT2D eigenvalue weighted by atomic mass is 10.1. The normalized spacial score (nSPS) is 13.1. The molecule has 2 atom stereocenters. The van der Waals surface area contributed by atoms with Crippen molar-refractivity contribution in [3.8, 4) is 0 Å². The van der Waals surface area contributed by atoms with Gasteiger partial charge in [0.25, 0.3) is 0 Å². The Morgan fingerprint density at radius 2 is 1.76 bits per heavy atom. The van der Waals surface area contributed by atoms with Crippen molar-refractivity contribution in [3.05, 3.63) is 62.5 Å². The number of hydrogen-bond donors (Lipinski definition) is 1. The highest BCUT2D eigenvalue weighted by molar-refractivity contribution is 9.10. The number of hydrogen-bond acceptors (Lipinski definition) is 4. The van der Waals surface area contributed by atoms with E-state index in [9.17, 15) is 18.0 Å². The van der Waals surface area contributed by atoms with E-state index in [1.165, 1.54) is 23.1 Å². The minimum absolute atomic E-state index is 0.0681. The lowest BCUT2D eigenvalue weighted by Crippen LogP contribution is -2.52. The fourth-order valence-electron chi connectivity index (χ4n) is 3.13. The standard InChI is InChI=1S/C23H28BrCl2N3O4S/c1-5-15(2)27-23(31)16(3)28(13-17-7-6-8-18(24)11-17)22(30)14-29(34(4,32)33)19-9-10-20(25)21(26)12-19/h6-12,15-16H,5,13-14H2,1-4H3,(H,27,31). The molecule has 0 aliphatic carbocycles. The summed E-state index contributed by atoms with van der Waals surface area (Å²) in [6, 6.07) is 10.8. The minimum atomic E-state index is -3.85. The van der Waals surface area contributed by atoms with Crippen LogP contribution in [0.5, 0.6) is 0 Å². The van der Waals surface area contributed by atoms with Gasteiger partial charge in [-0.2, -0.15) is 0 Å². The summed E-state index contributed by atoms with van der Waals surface area (Å²) in [6.07, 6.45) is 1.73. The van der Waals surface area contributed by atoms with E-state index in [1.54, 1.807) is 6.92 Å². The molecule has 0 heterocycles. The van der Waals surface area contributed by atoms with Gasteiger partial charge in [0, 0.05) is 17.1 Å². The van der Waals surface area contributed by atoms with Crippen LogP contribution < -0.4 is 9.62 Å². The van der Waals surface area contributed by atoms with E-state index < -0.39 is 28.5 Å². The van der Waals surface area contributed by atoms with Gasteiger partial charge < -0.3 is 10.2 Å². The van der Waals surface area contributed by atoms with E-state index >= 15 is 0 Å². The molecular formula is C23H28BrCl2N3O4S. The van der Waals surface area contributed by atoms with Crippen molar-refractivity contribution in [1.29, 1.82) is 0 Å². The van der Waals surface area contributed by atoms with E-state index in [4.69, 9.17) is 23.2 Å². The predicted molar refractivity (Wildman–Crippen MR) is 141 cm³/mol. The number of carbonyl (C=O) groups excluding carboxylic acids is 2. The van der Waals surface area contributed by atoms with Crippen molar-refractivity contribution in [3.63, 3.8) is 0 Å². The predicted octanol–water partition coefficient (Wildman–Crippen LogP) is 4.85. The van der Waals surface area contributed by atoms with E-state index in [0.717, 1.165) is 27.0 Å². The van der Waals surface area contributed by atoms with E-state index in [0.29, 0.717) is 0 Å². The molecule has 1 N–H and O–H groups in total. The Labute approximate surface area is 219 Å². The highest BCUT2D eigenvalue weighted by Crippen LogP contribution is 2.28. The van der Waals surface area contributed by atoms with Gasteiger partial charge in [0.1, 0.15) is 12.6 Å². The zero-order chi connectivity index (χ0) is 25.6. The number of nitrogens with one attached hydrogen (secondary N) is 1. The second-order valence-electron chi connectivity index (χ2n) is 8.01. The Morgan fingerprint density at radius 1 is 1.09 bits per heavy atom. The van der Waals surface area contributed by atoms with Crippen LogP contribution in [0, 0.1) is 0 Å². The number of halogens is 3. The number of rotatable bonds is 10. The van der Waals surface area contributed by atoms with Crippen LogP contribution in [0.4, 0.5) is 5.69 Å². The van der Waals surface area contributed by atoms with E-state index in [1.807, 2.05) is 38.1 Å². The summed E-state index contributed by atoms with van der Waals surface area (Å²) in [5.41, 5.74) is 0.982. The summed E-state index contributed by atoms with van der Waals surface area (Å²) in [6.45, 7) is 5.05. The smallest absolute Gasteiger partial charge is 0.244 e. The topological polar surface area (TPSA) is 86.8 Å². The molecule has 0 bridgehead atoms. The van der Waals surface area contributed by atoms with Gasteiger partial charge in [-0.1, -0.05) is 58.2 Å². The van der Waals surface area contributed by atoms with Crippen LogP contribution in [0.3, 0.4) is 0 Å². The van der Waals surface area contributed by atoms with Crippen molar-refractivity contribution in [2.24, 2.45) is 0 Å². The molecule has 186 valence electrons. The van der Waals surface area contributed by atoms with Gasteiger partial charge in [-0.05, 0) is 56.2 Å². The first kappa shape index (κ1) is 28.4. The molecule has 0 aliphatic heterocycles. The second kappa shape index (κ2) is 12.2. The summed E-state index contributed by atoms with van der Waals surface area (Å²) < 4.78 is 26.9. The average molecular weight is 593 g/mol. The summed E-state index contributed by atoms with van der Waals surface area (Å²) in [5, 5.41) is 3.31. The molecule has 2 unspecified atom stereocenters. The lowest BCUT2D eigenvalue weighted by Gasteiger charge is -2.32. The minimum Gasteiger partial charge on any atom is -0.352 e. The third-order valence-electron chi connectivity index (χ3n) is 5.28. The monoisotopic (exact) mass is 591 g/mol. The number of anilines is 1. The molecule has 0 saturated carbocycles. The fourth-order valence-corrected chi connectivity index (χ4v) is 4.71. The molecule has 2 rings (SSSR count). The highest BCUT2D eigenvalue weighted by Gasteiger charge is 2.30. The molecule has 2 aromatic carbocycles. The Kier molecular flexibility index (Phi) is 10.2. The quantitative estimate of drug-likeness (QED) is 0.427.